The van der Waals surface area contributed by atoms with Gasteiger partial charge in [-0.2, -0.15) is 0 Å². The van der Waals surface area contributed by atoms with Gasteiger partial charge in [0.25, 0.3) is 0 Å². The first-order chi connectivity index (χ1) is 9.91. The summed E-state index contributed by atoms with van der Waals surface area (Å²) in [7, 11) is 0. The molecule has 21 heavy (non-hydrogen) atoms. The minimum atomic E-state index is 0.263. The Kier molecular flexibility index (Phi) is 2.68. The third-order valence-electron chi connectivity index (χ3n) is 6.43. The maximum absolute atomic E-state index is 5.86. The van der Waals surface area contributed by atoms with E-state index in [0.717, 1.165) is 18.3 Å². The van der Waals surface area contributed by atoms with E-state index in [2.05, 4.69) is 35.5 Å². The minimum Gasteiger partial charge on any atom is -0.324 e. The van der Waals surface area contributed by atoms with Gasteiger partial charge < -0.3 is 10.3 Å². The predicted molar refractivity (Wildman–Crippen MR) is 82.7 cm³/mol. The van der Waals surface area contributed by atoms with E-state index < -0.39 is 0 Å². The molecule has 1 aromatic heterocycles. The van der Waals surface area contributed by atoms with Crippen LogP contribution in [0.1, 0.15) is 70.9 Å². The van der Waals surface area contributed by atoms with Crippen LogP contribution >= 0.6 is 0 Å². The monoisotopic (exact) mass is 288 g/mol. The quantitative estimate of drug-likeness (QED) is 0.930. The van der Waals surface area contributed by atoms with Crippen molar-refractivity contribution in [3.05, 3.63) is 11.6 Å². The molecule has 4 heteroatoms. The fraction of sp³-hybridized carbons (Fsp3) is 0.882. The number of aromatic nitrogens is 3. The molecule has 0 saturated heterocycles. The van der Waals surface area contributed by atoms with Gasteiger partial charge in [-0.15, -0.1) is 10.2 Å². The van der Waals surface area contributed by atoms with Gasteiger partial charge in [-0.05, 0) is 62.2 Å². The highest BCUT2D eigenvalue weighted by Gasteiger charge is 2.62. The molecule has 2 N–H and O–H groups in total. The molecule has 4 aliphatic rings. The van der Waals surface area contributed by atoms with Crippen molar-refractivity contribution in [2.24, 2.45) is 22.5 Å². The molecule has 0 aliphatic heterocycles. The van der Waals surface area contributed by atoms with Crippen LogP contribution in [-0.2, 0) is 18.5 Å². The van der Waals surface area contributed by atoms with Crippen molar-refractivity contribution in [1.82, 2.24) is 14.8 Å². The molecule has 2 atom stereocenters. The Morgan fingerprint density at radius 3 is 2.29 bits per heavy atom. The second-order valence-corrected chi connectivity index (χ2v) is 8.80. The van der Waals surface area contributed by atoms with Crippen molar-refractivity contribution in [2.45, 2.75) is 77.8 Å². The molecule has 4 saturated carbocycles. The molecule has 5 rings (SSSR count). The summed E-state index contributed by atoms with van der Waals surface area (Å²) in [4.78, 5) is 0. The highest BCUT2D eigenvalue weighted by Crippen LogP contribution is 2.69. The average molecular weight is 288 g/mol. The summed E-state index contributed by atoms with van der Waals surface area (Å²) in [6.45, 7) is 8.65. The van der Waals surface area contributed by atoms with E-state index >= 15 is 0 Å². The molecule has 0 radical (unpaired) electrons. The van der Waals surface area contributed by atoms with Crippen molar-refractivity contribution in [3.63, 3.8) is 0 Å². The third-order valence-corrected chi connectivity index (χ3v) is 6.43. The van der Waals surface area contributed by atoms with E-state index in [1.54, 1.807) is 0 Å². The highest BCUT2D eigenvalue weighted by atomic mass is 15.3. The zero-order chi connectivity index (χ0) is 14.9. The van der Waals surface area contributed by atoms with E-state index in [9.17, 15) is 0 Å². The van der Waals surface area contributed by atoms with Crippen LogP contribution in [0.25, 0.3) is 0 Å². The van der Waals surface area contributed by atoms with Gasteiger partial charge in [0, 0.05) is 12.0 Å². The summed E-state index contributed by atoms with van der Waals surface area (Å²) in [5.74, 6) is 3.09. The van der Waals surface area contributed by atoms with Crippen LogP contribution in [0.2, 0.25) is 0 Å². The lowest BCUT2D eigenvalue weighted by Gasteiger charge is -2.65. The Balaban J connectivity index is 1.83. The number of nitrogens with two attached hydrogens (primary N) is 1. The van der Waals surface area contributed by atoms with Gasteiger partial charge in [-0.3, -0.25) is 0 Å². The number of rotatable bonds is 3. The Morgan fingerprint density at radius 1 is 1.10 bits per heavy atom. The number of hydrogen-bond acceptors (Lipinski definition) is 3. The van der Waals surface area contributed by atoms with E-state index in [-0.39, 0.29) is 5.41 Å². The normalized spacial score (nSPS) is 44.5. The van der Waals surface area contributed by atoms with Gasteiger partial charge in [0.2, 0.25) is 0 Å². The Labute approximate surface area is 127 Å². The molecular weight excluding hydrogens is 260 g/mol. The van der Waals surface area contributed by atoms with Gasteiger partial charge in [0.05, 0.1) is 6.54 Å². The van der Waals surface area contributed by atoms with E-state index in [1.165, 1.54) is 44.3 Å². The maximum atomic E-state index is 5.86. The zero-order valence-corrected chi connectivity index (χ0v) is 13.7. The van der Waals surface area contributed by atoms with Crippen molar-refractivity contribution >= 4 is 0 Å². The van der Waals surface area contributed by atoms with Gasteiger partial charge in [-0.25, -0.2) is 0 Å². The van der Waals surface area contributed by atoms with E-state index in [0.29, 0.717) is 17.4 Å². The molecule has 1 heterocycles. The van der Waals surface area contributed by atoms with E-state index in [1.807, 2.05) is 0 Å². The second kappa shape index (κ2) is 4.09. The van der Waals surface area contributed by atoms with Crippen LogP contribution in [0.5, 0.6) is 0 Å². The molecule has 116 valence electrons. The molecule has 0 spiro atoms. The number of nitrogens with zero attached hydrogens (tertiary/aromatic N) is 3. The summed E-state index contributed by atoms with van der Waals surface area (Å²) < 4.78 is 2.31. The summed E-state index contributed by atoms with van der Waals surface area (Å²) in [6.07, 6.45) is 8.18. The minimum absolute atomic E-state index is 0.263. The molecule has 4 bridgehead atoms. The topological polar surface area (TPSA) is 56.7 Å². The van der Waals surface area contributed by atoms with Crippen LogP contribution in [0.15, 0.2) is 0 Å². The first-order valence-electron chi connectivity index (χ1n) is 8.54. The van der Waals surface area contributed by atoms with Crippen molar-refractivity contribution in [3.8, 4) is 0 Å². The van der Waals surface area contributed by atoms with Gasteiger partial charge in [-0.1, -0.05) is 13.8 Å². The zero-order valence-electron chi connectivity index (χ0n) is 13.7. The molecule has 4 aliphatic carbocycles. The summed E-state index contributed by atoms with van der Waals surface area (Å²) in [6, 6.07) is 0. The summed E-state index contributed by atoms with van der Waals surface area (Å²) >= 11 is 0. The van der Waals surface area contributed by atoms with Crippen LogP contribution in [-0.4, -0.2) is 14.8 Å². The highest BCUT2D eigenvalue weighted by molar-refractivity contribution is 5.23. The van der Waals surface area contributed by atoms with Crippen molar-refractivity contribution in [1.29, 1.82) is 0 Å². The summed E-state index contributed by atoms with van der Waals surface area (Å²) in [5, 5.41) is 9.04. The molecule has 0 amide bonds. The Morgan fingerprint density at radius 2 is 1.76 bits per heavy atom. The first-order valence-corrected chi connectivity index (χ1v) is 8.54. The fourth-order valence-corrected chi connectivity index (χ4v) is 6.91. The van der Waals surface area contributed by atoms with Crippen LogP contribution in [0, 0.1) is 16.7 Å². The molecule has 1 aromatic rings. The Hall–Kier alpha value is -0.900. The molecule has 4 fully saturated rings. The molecule has 2 unspecified atom stereocenters. The predicted octanol–water partition coefficient (Wildman–Crippen LogP) is 3.00. The standard InChI is InChI=1S/C17H28N4/c1-4-21-13(8-18)19-20-14(21)17-7-12-5-15(2,10-17)9-16(3,6-12)11-17/h12H,4-11,18H2,1-3H3. The van der Waals surface area contributed by atoms with E-state index in [4.69, 9.17) is 5.73 Å². The van der Waals surface area contributed by atoms with Crippen molar-refractivity contribution in [2.75, 3.05) is 0 Å². The smallest absolute Gasteiger partial charge is 0.146 e. The first kappa shape index (κ1) is 13.7. The van der Waals surface area contributed by atoms with Crippen LogP contribution < -0.4 is 5.73 Å². The summed E-state index contributed by atoms with van der Waals surface area (Å²) in [5.41, 5.74) is 7.15. The maximum Gasteiger partial charge on any atom is 0.146 e. The van der Waals surface area contributed by atoms with Gasteiger partial charge >= 0.3 is 0 Å². The fourth-order valence-electron chi connectivity index (χ4n) is 6.91. The lowest BCUT2D eigenvalue weighted by molar-refractivity contribution is -0.113. The Bertz CT molecular complexity index is 557. The van der Waals surface area contributed by atoms with Crippen LogP contribution in [0.3, 0.4) is 0 Å². The van der Waals surface area contributed by atoms with Crippen molar-refractivity contribution < 1.29 is 0 Å². The van der Waals surface area contributed by atoms with Gasteiger partial charge in [0.1, 0.15) is 11.6 Å². The van der Waals surface area contributed by atoms with Gasteiger partial charge in [0.15, 0.2) is 0 Å². The lowest BCUT2D eigenvalue weighted by Crippen LogP contribution is -2.57. The number of hydrogen-bond donors (Lipinski definition) is 1. The molecular formula is C17H28N4. The third kappa shape index (κ3) is 1.84. The second-order valence-electron chi connectivity index (χ2n) is 8.80. The molecule has 0 aromatic carbocycles. The molecule has 4 nitrogen and oxygen atoms in total. The van der Waals surface area contributed by atoms with Crippen LogP contribution in [0.4, 0.5) is 0 Å². The lowest BCUT2D eigenvalue weighted by atomic mass is 9.40. The average Bonchev–Trinajstić information content (AvgIpc) is 2.77. The SMILES string of the molecule is CCn1c(CN)nnc1C12CC3CC(C)(CC(C)(C3)C1)C2. The largest absolute Gasteiger partial charge is 0.324 e.